The fourth-order valence-electron chi connectivity index (χ4n) is 3.38. The van der Waals surface area contributed by atoms with Crippen molar-refractivity contribution in [2.45, 2.75) is 50.8 Å². The van der Waals surface area contributed by atoms with E-state index in [0.717, 1.165) is 37.8 Å². The number of benzene rings is 1. The lowest BCUT2D eigenvalue weighted by molar-refractivity contribution is -0.122. The quantitative estimate of drug-likeness (QED) is 0.569. The summed E-state index contributed by atoms with van der Waals surface area (Å²) in [5, 5.41) is 3.09. The van der Waals surface area contributed by atoms with Crippen LogP contribution in [-0.2, 0) is 16.1 Å². The normalized spacial score (nSPS) is 20.4. The lowest BCUT2D eigenvalue weighted by Crippen LogP contribution is -2.46. The van der Waals surface area contributed by atoms with E-state index in [4.69, 9.17) is 4.74 Å². The maximum Gasteiger partial charge on any atom is 0.410 e. The lowest BCUT2D eigenvalue weighted by atomic mass is 10.0. The highest BCUT2D eigenvalue weighted by molar-refractivity contribution is 5.76. The van der Waals surface area contributed by atoms with E-state index in [1.165, 1.54) is 0 Å². The molecular formula is C19H29N5O3. The summed E-state index contributed by atoms with van der Waals surface area (Å²) in [6.45, 7) is 2.39. The zero-order valence-corrected chi connectivity index (χ0v) is 15.6. The molecule has 3 rings (SSSR count). The van der Waals surface area contributed by atoms with Gasteiger partial charge in [-0.2, -0.15) is 5.53 Å². The molecule has 0 aliphatic carbocycles. The minimum Gasteiger partial charge on any atom is -0.445 e. The molecule has 0 spiro atoms. The van der Waals surface area contributed by atoms with Crippen molar-refractivity contribution in [1.82, 2.24) is 26.6 Å². The maximum absolute atomic E-state index is 12.2. The van der Waals surface area contributed by atoms with Crippen molar-refractivity contribution >= 4 is 12.0 Å². The van der Waals surface area contributed by atoms with Gasteiger partial charge in [-0.3, -0.25) is 4.79 Å². The number of hydrazine groups is 2. The average molecular weight is 375 g/mol. The Bertz CT molecular complexity index is 599. The third kappa shape index (κ3) is 6.50. The number of hydrogen-bond donors (Lipinski definition) is 4. The summed E-state index contributed by atoms with van der Waals surface area (Å²) in [6, 6.07) is 10.2. The first-order chi connectivity index (χ1) is 13.2. The summed E-state index contributed by atoms with van der Waals surface area (Å²) in [4.78, 5) is 26.0. The molecule has 1 unspecified atom stereocenters. The number of nitrogens with one attached hydrogen (secondary N) is 4. The summed E-state index contributed by atoms with van der Waals surface area (Å²) in [7, 11) is 0. The van der Waals surface area contributed by atoms with Crippen LogP contribution in [0.25, 0.3) is 0 Å². The van der Waals surface area contributed by atoms with Gasteiger partial charge in [-0.25, -0.2) is 15.6 Å². The van der Waals surface area contributed by atoms with E-state index >= 15 is 0 Å². The van der Waals surface area contributed by atoms with Gasteiger partial charge in [0.2, 0.25) is 5.91 Å². The second kappa shape index (κ2) is 10.2. The van der Waals surface area contributed by atoms with Crippen molar-refractivity contribution in [3.05, 3.63) is 35.9 Å². The number of nitrogens with zero attached hydrogens (tertiary/aromatic N) is 1. The highest BCUT2D eigenvalue weighted by atomic mass is 16.6. The van der Waals surface area contributed by atoms with Gasteiger partial charge in [0, 0.05) is 38.1 Å². The number of piperidine rings is 1. The van der Waals surface area contributed by atoms with E-state index in [2.05, 4.69) is 21.7 Å². The zero-order chi connectivity index (χ0) is 18.9. The molecule has 27 heavy (non-hydrogen) atoms. The average Bonchev–Trinajstić information content (AvgIpc) is 3.21. The number of carbonyl (C=O) groups is 2. The van der Waals surface area contributed by atoms with Crippen molar-refractivity contribution in [3.63, 3.8) is 0 Å². The summed E-state index contributed by atoms with van der Waals surface area (Å²) in [5.74, 6) is 0.0963. The monoisotopic (exact) mass is 375 g/mol. The van der Waals surface area contributed by atoms with Crippen LogP contribution in [0.5, 0.6) is 0 Å². The Morgan fingerprint density at radius 2 is 1.96 bits per heavy atom. The van der Waals surface area contributed by atoms with Crippen LogP contribution >= 0.6 is 0 Å². The van der Waals surface area contributed by atoms with Crippen molar-refractivity contribution in [2.24, 2.45) is 0 Å². The van der Waals surface area contributed by atoms with E-state index in [-0.39, 0.29) is 24.6 Å². The first kappa shape index (κ1) is 19.6. The SMILES string of the molecule is O=C(CCCC1CNNN1)NC1CCN(C(=O)OCc2ccccc2)CC1. The maximum atomic E-state index is 12.2. The lowest BCUT2D eigenvalue weighted by Gasteiger charge is -2.31. The fourth-order valence-corrected chi connectivity index (χ4v) is 3.38. The molecule has 0 saturated carbocycles. The molecule has 148 valence electrons. The molecular weight excluding hydrogens is 346 g/mol. The van der Waals surface area contributed by atoms with Crippen LogP contribution in [0.2, 0.25) is 0 Å². The molecule has 2 saturated heterocycles. The Hall–Kier alpha value is -2.16. The van der Waals surface area contributed by atoms with Gasteiger partial charge in [-0.1, -0.05) is 30.3 Å². The fraction of sp³-hybridized carbons (Fsp3) is 0.579. The summed E-state index contributed by atoms with van der Waals surface area (Å²) in [5.41, 5.74) is 9.95. The Balaban J connectivity index is 1.28. The van der Waals surface area contributed by atoms with Crippen molar-refractivity contribution in [3.8, 4) is 0 Å². The van der Waals surface area contributed by atoms with E-state index in [0.29, 0.717) is 25.6 Å². The Morgan fingerprint density at radius 3 is 2.67 bits per heavy atom. The first-order valence-corrected chi connectivity index (χ1v) is 9.69. The molecule has 8 heteroatoms. The molecule has 0 bridgehead atoms. The molecule has 2 fully saturated rings. The molecule has 2 amide bonds. The van der Waals surface area contributed by atoms with Crippen LogP contribution in [0, 0.1) is 0 Å². The topological polar surface area (TPSA) is 94.7 Å². The predicted molar refractivity (Wildman–Crippen MR) is 101 cm³/mol. The number of rotatable bonds is 7. The second-order valence-corrected chi connectivity index (χ2v) is 7.11. The van der Waals surface area contributed by atoms with Crippen molar-refractivity contribution in [1.29, 1.82) is 0 Å². The van der Waals surface area contributed by atoms with Gasteiger partial charge in [0.25, 0.3) is 0 Å². The smallest absolute Gasteiger partial charge is 0.410 e. The molecule has 0 aromatic heterocycles. The van der Waals surface area contributed by atoms with Gasteiger partial charge in [0.15, 0.2) is 0 Å². The van der Waals surface area contributed by atoms with Crippen LogP contribution in [0.4, 0.5) is 4.79 Å². The number of carbonyl (C=O) groups excluding carboxylic acids is 2. The summed E-state index contributed by atoms with van der Waals surface area (Å²) >= 11 is 0. The molecule has 1 aromatic rings. The van der Waals surface area contributed by atoms with Crippen LogP contribution in [-0.4, -0.2) is 48.6 Å². The van der Waals surface area contributed by atoms with Crippen molar-refractivity contribution in [2.75, 3.05) is 19.6 Å². The van der Waals surface area contributed by atoms with Gasteiger partial charge in [-0.05, 0) is 31.2 Å². The molecule has 2 heterocycles. The number of ether oxygens (including phenoxy) is 1. The summed E-state index contributed by atoms with van der Waals surface area (Å²) < 4.78 is 5.37. The first-order valence-electron chi connectivity index (χ1n) is 9.69. The Kier molecular flexibility index (Phi) is 7.44. The van der Waals surface area contributed by atoms with Gasteiger partial charge >= 0.3 is 6.09 Å². The number of likely N-dealkylation sites (tertiary alicyclic amines) is 1. The highest BCUT2D eigenvalue weighted by Crippen LogP contribution is 2.13. The van der Waals surface area contributed by atoms with Gasteiger partial charge in [0.05, 0.1) is 0 Å². The number of amides is 2. The molecule has 1 atom stereocenters. The molecule has 1 aromatic carbocycles. The molecule has 2 aliphatic heterocycles. The molecule has 0 radical (unpaired) electrons. The van der Waals surface area contributed by atoms with Crippen LogP contribution in [0.3, 0.4) is 0 Å². The highest BCUT2D eigenvalue weighted by Gasteiger charge is 2.24. The van der Waals surface area contributed by atoms with Crippen LogP contribution in [0.15, 0.2) is 30.3 Å². The largest absolute Gasteiger partial charge is 0.445 e. The Morgan fingerprint density at radius 1 is 1.19 bits per heavy atom. The van der Waals surface area contributed by atoms with Gasteiger partial charge in [0.1, 0.15) is 6.61 Å². The number of hydrogen-bond acceptors (Lipinski definition) is 6. The summed E-state index contributed by atoms with van der Waals surface area (Å²) in [6.07, 6.45) is 3.61. The molecule has 2 aliphatic rings. The van der Waals surface area contributed by atoms with E-state index < -0.39 is 0 Å². The molecule has 4 N–H and O–H groups in total. The van der Waals surface area contributed by atoms with E-state index in [1.807, 2.05) is 30.3 Å². The third-order valence-electron chi connectivity index (χ3n) is 4.99. The van der Waals surface area contributed by atoms with Crippen LogP contribution < -0.4 is 21.7 Å². The minimum absolute atomic E-state index is 0.0963. The third-order valence-corrected chi connectivity index (χ3v) is 4.99. The molecule has 8 nitrogen and oxygen atoms in total. The van der Waals surface area contributed by atoms with E-state index in [1.54, 1.807) is 4.90 Å². The minimum atomic E-state index is -0.282. The second-order valence-electron chi connectivity index (χ2n) is 7.11. The van der Waals surface area contributed by atoms with Crippen LogP contribution in [0.1, 0.15) is 37.7 Å². The predicted octanol–water partition coefficient (Wildman–Crippen LogP) is 1.06. The van der Waals surface area contributed by atoms with Gasteiger partial charge in [-0.15, -0.1) is 0 Å². The van der Waals surface area contributed by atoms with Crippen molar-refractivity contribution < 1.29 is 14.3 Å². The zero-order valence-electron chi connectivity index (χ0n) is 15.6. The Labute approximate surface area is 160 Å². The van der Waals surface area contributed by atoms with Gasteiger partial charge < -0.3 is 15.0 Å². The van der Waals surface area contributed by atoms with E-state index in [9.17, 15) is 9.59 Å². The standard InChI is InChI=1S/C19H29N5O3/c25-18(8-4-7-17-13-20-23-22-17)21-16-9-11-24(12-10-16)19(26)27-14-15-5-2-1-3-6-15/h1-3,5-6,16-17,20,22-23H,4,7-14H2,(H,21,25).